The standard InChI is InChI=1S/C26H50O2.C10H16O2/c1-4-5-6-7-8-9-10-11-12-13-14-15-16-17-18-19-20-21-22-23-24-25(2)26(27)28-3;1-8(10(11)12-2)9-6-4-3-5-7-9/h2,4-24H2,1,3H3;9H,1,3-7H2,2H3. The summed E-state index contributed by atoms with van der Waals surface area (Å²) >= 11 is 0. The Bertz CT molecular complexity index is 633. The minimum atomic E-state index is -0.252. The van der Waals surface area contributed by atoms with Crippen LogP contribution in [-0.2, 0) is 19.1 Å². The molecule has 0 saturated heterocycles. The normalized spacial score (nSPS) is 13.3. The van der Waals surface area contributed by atoms with Gasteiger partial charge in [0.2, 0.25) is 0 Å². The molecule has 0 unspecified atom stereocenters. The van der Waals surface area contributed by atoms with Crippen molar-refractivity contribution in [2.24, 2.45) is 5.92 Å². The first-order valence-corrected chi connectivity index (χ1v) is 17.0. The molecule has 0 amide bonds. The molecule has 1 saturated carbocycles. The number of hydrogen-bond acceptors (Lipinski definition) is 4. The fourth-order valence-corrected chi connectivity index (χ4v) is 5.59. The Kier molecular flexibility index (Phi) is 27.8. The molecular weight excluding hydrogens is 496 g/mol. The Hall–Kier alpha value is -1.58. The van der Waals surface area contributed by atoms with Crippen LogP contribution in [0.2, 0.25) is 0 Å². The molecule has 1 fully saturated rings. The highest BCUT2D eigenvalue weighted by molar-refractivity contribution is 5.88. The van der Waals surface area contributed by atoms with Crippen molar-refractivity contribution in [3.63, 3.8) is 0 Å². The van der Waals surface area contributed by atoms with Crippen molar-refractivity contribution in [1.29, 1.82) is 0 Å². The van der Waals surface area contributed by atoms with Crippen LogP contribution in [0.15, 0.2) is 24.3 Å². The minimum Gasteiger partial charge on any atom is -0.466 e. The van der Waals surface area contributed by atoms with Crippen molar-refractivity contribution < 1.29 is 19.1 Å². The molecule has 0 aromatic carbocycles. The summed E-state index contributed by atoms with van der Waals surface area (Å²) in [7, 11) is 2.83. The van der Waals surface area contributed by atoms with Crippen LogP contribution in [0.3, 0.4) is 0 Å². The summed E-state index contributed by atoms with van der Waals surface area (Å²) in [5, 5.41) is 0. The van der Waals surface area contributed by atoms with Gasteiger partial charge in [-0.25, -0.2) is 9.59 Å². The second-order valence-electron chi connectivity index (χ2n) is 11.9. The quantitative estimate of drug-likeness (QED) is 0.0667. The van der Waals surface area contributed by atoms with Gasteiger partial charge < -0.3 is 9.47 Å². The molecule has 0 aromatic heterocycles. The number of carbonyl (C=O) groups excluding carboxylic acids is 2. The van der Waals surface area contributed by atoms with Gasteiger partial charge in [-0.05, 0) is 31.6 Å². The largest absolute Gasteiger partial charge is 0.466 e. The van der Waals surface area contributed by atoms with E-state index in [9.17, 15) is 9.59 Å². The first-order valence-electron chi connectivity index (χ1n) is 17.0. The van der Waals surface area contributed by atoms with Gasteiger partial charge in [-0.3, -0.25) is 0 Å². The summed E-state index contributed by atoms with van der Waals surface area (Å²) < 4.78 is 9.29. The Morgan fingerprint density at radius 1 is 0.550 bits per heavy atom. The highest BCUT2D eigenvalue weighted by atomic mass is 16.5. The smallest absolute Gasteiger partial charge is 0.333 e. The molecule has 0 heterocycles. The Balaban J connectivity index is 0.00000104. The molecule has 4 heteroatoms. The fraction of sp³-hybridized carbons (Fsp3) is 0.833. The van der Waals surface area contributed by atoms with Gasteiger partial charge in [0.05, 0.1) is 14.2 Å². The predicted octanol–water partition coefficient (Wildman–Crippen LogP) is 11.2. The molecule has 0 N–H and O–H groups in total. The van der Waals surface area contributed by atoms with Crippen molar-refractivity contribution in [2.75, 3.05) is 14.2 Å². The van der Waals surface area contributed by atoms with Gasteiger partial charge in [-0.15, -0.1) is 0 Å². The van der Waals surface area contributed by atoms with E-state index in [-0.39, 0.29) is 11.9 Å². The van der Waals surface area contributed by atoms with Crippen molar-refractivity contribution in [1.82, 2.24) is 0 Å². The average Bonchev–Trinajstić information content (AvgIpc) is 2.99. The third-order valence-electron chi connectivity index (χ3n) is 8.35. The zero-order valence-electron chi connectivity index (χ0n) is 27.0. The molecule has 40 heavy (non-hydrogen) atoms. The van der Waals surface area contributed by atoms with Crippen LogP contribution in [0, 0.1) is 5.92 Å². The SMILES string of the molecule is C=C(C(=O)OC)C1CCCCC1.C=C(CCCCCCCCCCCCCCCCCCCCCC)C(=O)OC. The first-order chi connectivity index (χ1) is 19.5. The van der Waals surface area contributed by atoms with Gasteiger partial charge in [-0.1, -0.05) is 161 Å². The van der Waals surface area contributed by atoms with Gasteiger partial charge in [0.25, 0.3) is 0 Å². The third kappa shape index (κ3) is 23.2. The molecule has 1 aliphatic rings. The van der Waals surface area contributed by atoms with Gasteiger partial charge in [-0.2, -0.15) is 0 Å². The van der Waals surface area contributed by atoms with Gasteiger partial charge >= 0.3 is 11.9 Å². The molecule has 0 bridgehead atoms. The van der Waals surface area contributed by atoms with Crippen LogP contribution in [0.5, 0.6) is 0 Å². The maximum Gasteiger partial charge on any atom is 0.333 e. The minimum absolute atomic E-state index is 0.234. The summed E-state index contributed by atoms with van der Waals surface area (Å²) in [6.45, 7) is 9.83. The summed E-state index contributed by atoms with van der Waals surface area (Å²) in [6.07, 6.45) is 34.6. The van der Waals surface area contributed by atoms with E-state index in [4.69, 9.17) is 0 Å². The molecule has 0 aromatic rings. The van der Waals surface area contributed by atoms with Crippen LogP contribution in [0.1, 0.15) is 174 Å². The van der Waals surface area contributed by atoms with Crippen molar-refractivity contribution in [3.8, 4) is 0 Å². The van der Waals surface area contributed by atoms with Crippen LogP contribution in [0.4, 0.5) is 0 Å². The number of carbonyl (C=O) groups is 2. The molecule has 1 aliphatic carbocycles. The summed E-state index contributed by atoms with van der Waals surface area (Å²) in [4.78, 5) is 22.3. The van der Waals surface area contributed by atoms with E-state index in [1.807, 2.05) is 0 Å². The lowest BCUT2D eigenvalue weighted by molar-refractivity contribution is -0.137. The molecule has 1 rings (SSSR count). The molecule has 0 spiro atoms. The predicted molar refractivity (Wildman–Crippen MR) is 172 cm³/mol. The van der Waals surface area contributed by atoms with Crippen LogP contribution in [0.25, 0.3) is 0 Å². The van der Waals surface area contributed by atoms with Gasteiger partial charge in [0.1, 0.15) is 0 Å². The Labute approximate surface area is 249 Å². The number of methoxy groups -OCH3 is 2. The van der Waals surface area contributed by atoms with E-state index in [0.29, 0.717) is 17.1 Å². The zero-order valence-corrected chi connectivity index (χ0v) is 27.0. The highest BCUT2D eigenvalue weighted by Crippen LogP contribution is 2.29. The Morgan fingerprint density at radius 2 is 0.900 bits per heavy atom. The fourth-order valence-electron chi connectivity index (χ4n) is 5.59. The van der Waals surface area contributed by atoms with E-state index in [2.05, 4.69) is 29.6 Å². The molecule has 234 valence electrons. The number of rotatable bonds is 24. The van der Waals surface area contributed by atoms with Gasteiger partial charge in [0, 0.05) is 11.1 Å². The zero-order chi connectivity index (χ0) is 29.7. The molecule has 0 aliphatic heterocycles. The third-order valence-corrected chi connectivity index (χ3v) is 8.35. The lowest BCUT2D eigenvalue weighted by atomic mass is 9.84. The summed E-state index contributed by atoms with van der Waals surface area (Å²) in [5.74, 6) is -0.106. The van der Waals surface area contributed by atoms with E-state index >= 15 is 0 Å². The van der Waals surface area contributed by atoms with Gasteiger partial charge in [0.15, 0.2) is 0 Å². The topological polar surface area (TPSA) is 52.6 Å². The Morgan fingerprint density at radius 3 is 1.25 bits per heavy atom. The van der Waals surface area contributed by atoms with Crippen LogP contribution < -0.4 is 0 Å². The maximum absolute atomic E-state index is 11.2. The lowest BCUT2D eigenvalue weighted by Crippen LogP contribution is -2.16. The number of hydrogen-bond donors (Lipinski definition) is 0. The summed E-state index contributed by atoms with van der Waals surface area (Å²) in [5.41, 5.74) is 1.28. The van der Waals surface area contributed by atoms with Crippen LogP contribution >= 0.6 is 0 Å². The maximum atomic E-state index is 11.2. The number of esters is 2. The van der Waals surface area contributed by atoms with E-state index < -0.39 is 0 Å². The second kappa shape index (κ2) is 28.9. The average molecular weight is 563 g/mol. The molecule has 4 nitrogen and oxygen atoms in total. The highest BCUT2D eigenvalue weighted by Gasteiger charge is 2.21. The van der Waals surface area contributed by atoms with Crippen molar-refractivity contribution >= 4 is 11.9 Å². The monoisotopic (exact) mass is 562 g/mol. The van der Waals surface area contributed by atoms with Crippen LogP contribution in [-0.4, -0.2) is 26.2 Å². The molecule has 0 radical (unpaired) electrons. The van der Waals surface area contributed by atoms with Crippen molar-refractivity contribution in [3.05, 3.63) is 24.3 Å². The van der Waals surface area contributed by atoms with E-state index in [0.717, 1.165) is 25.7 Å². The first kappa shape index (κ1) is 38.4. The second-order valence-corrected chi connectivity index (χ2v) is 11.9. The number of unbranched alkanes of at least 4 members (excludes halogenated alkanes) is 19. The molecular formula is C36H66O4. The van der Waals surface area contributed by atoms with E-state index in [1.165, 1.54) is 155 Å². The lowest BCUT2D eigenvalue weighted by Gasteiger charge is -2.21. The van der Waals surface area contributed by atoms with Crippen molar-refractivity contribution in [2.45, 2.75) is 174 Å². The summed E-state index contributed by atoms with van der Waals surface area (Å²) in [6, 6.07) is 0. The molecule has 0 atom stereocenters. The number of ether oxygens (including phenoxy) is 2. The van der Waals surface area contributed by atoms with E-state index in [1.54, 1.807) is 0 Å².